The predicted molar refractivity (Wildman–Crippen MR) is 85.2 cm³/mol. The van der Waals surface area contributed by atoms with Crippen molar-refractivity contribution in [2.45, 2.75) is 57.9 Å². The number of nitrogens with zero attached hydrogens (tertiary/aromatic N) is 2. The van der Waals surface area contributed by atoms with E-state index < -0.39 is 0 Å². The molecule has 0 radical (unpaired) electrons. The fraction of sp³-hybridized carbons (Fsp3) is 0.941. The van der Waals surface area contributed by atoms with Gasteiger partial charge in [-0.3, -0.25) is 9.69 Å². The van der Waals surface area contributed by atoms with Gasteiger partial charge in [-0.15, -0.1) is 0 Å². The molecule has 3 aliphatic rings. The van der Waals surface area contributed by atoms with Crippen LogP contribution < -0.4 is 5.32 Å². The molecule has 0 saturated carbocycles. The van der Waals surface area contributed by atoms with Gasteiger partial charge in [-0.2, -0.15) is 0 Å². The molecule has 3 fully saturated rings. The first-order chi connectivity index (χ1) is 10.2. The molecule has 120 valence electrons. The number of rotatable bonds is 4. The van der Waals surface area contributed by atoms with Gasteiger partial charge < -0.3 is 10.2 Å². The minimum absolute atomic E-state index is 0.0956. The summed E-state index contributed by atoms with van der Waals surface area (Å²) in [6, 6.07) is 0.623. The monoisotopic (exact) mass is 293 g/mol. The Hall–Kier alpha value is -0.610. The molecule has 3 aliphatic heterocycles. The highest BCUT2D eigenvalue weighted by molar-refractivity contribution is 5.83. The molecule has 0 spiro atoms. The van der Waals surface area contributed by atoms with E-state index in [1.54, 1.807) is 0 Å². The average Bonchev–Trinajstić information content (AvgIpc) is 3.19. The Morgan fingerprint density at radius 1 is 1.24 bits per heavy atom. The van der Waals surface area contributed by atoms with E-state index in [1.807, 2.05) is 0 Å². The molecule has 21 heavy (non-hydrogen) atoms. The van der Waals surface area contributed by atoms with E-state index >= 15 is 0 Å². The number of likely N-dealkylation sites (tertiary alicyclic amines) is 2. The number of nitrogens with one attached hydrogen (secondary N) is 1. The first kappa shape index (κ1) is 15.3. The van der Waals surface area contributed by atoms with Crippen LogP contribution in [0.2, 0.25) is 0 Å². The van der Waals surface area contributed by atoms with Crippen molar-refractivity contribution in [2.75, 3.05) is 39.3 Å². The van der Waals surface area contributed by atoms with Gasteiger partial charge in [-0.25, -0.2) is 0 Å². The molecule has 3 saturated heterocycles. The van der Waals surface area contributed by atoms with Crippen molar-refractivity contribution in [1.82, 2.24) is 15.1 Å². The molecular weight excluding hydrogens is 262 g/mol. The van der Waals surface area contributed by atoms with Crippen LogP contribution in [0.1, 0.15) is 51.9 Å². The minimum atomic E-state index is -0.0956. The predicted octanol–water partition coefficient (Wildman–Crippen LogP) is 1.85. The van der Waals surface area contributed by atoms with Crippen LogP contribution >= 0.6 is 0 Å². The molecule has 4 heteroatoms. The number of piperidine rings is 1. The molecule has 2 unspecified atom stereocenters. The maximum absolute atomic E-state index is 13.1. The summed E-state index contributed by atoms with van der Waals surface area (Å²) in [5, 5.41) is 3.43. The van der Waals surface area contributed by atoms with E-state index in [9.17, 15) is 4.79 Å². The van der Waals surface area contributed by atoms with Crippen LogP contribution in [0.15, 0.2) is 0 Å². The molecule has 2 atom stereocenters. The lowest BCUT2D eigenvalue weighted by atomic mass is 9.80. The smallest absolute Gasteiger partial charge is 0.230 e. The Morgan fingerprint density at radius 3 is 2.71 bits per heavy atom. The van der Waals surface area contributed by atoms with E-state index in [0.29, 0.717) is 11.9 Å². The Morgan fingerprint density at radius 2 is 2.05 bits per heavy atom. The topological polar surface area (TPSA) is 35.6 Å². The fourth-order valence-corrected chi connectivity index (χ4v) is 4.60. The van der Waals surface area contributed by atoms with Gasteiger partial charge in [0.15, 0.2) is 0 Å². The number of carbonyl (C=O) groups is 1. The molecule has 3 rings (SSSR count). The van der Waals surface area contributed by atoms with Crippen molar-refractivity contribution in [1.29, 1.82) is 0 Å². The summed E-state index contributed by atoms with van der Waals surface area (Å²) in [7, 11) is 0. The second-order valence-corrected chi connectivity index (χ2v) is 7.25. The number of hydrogen-bond acceptors (Lipinski definition) is 3. The van der Waals surface area contributed by atoms with Crippen LogP contribution in [0.3, 0.4) is 0 Å². The first-order valence-electron chi connectivity index (χ1n) is 8.99. The Labute approximate surface area is 129 Å². The average molecular weight is 293 g/mol. The van der Waals surface area contributed by atoms with Gasteiger partial charge >= 0.3 is 0 Å². The number of carbonyl (C=O) groups excluding carboxylic acids is 1. The normalized spacial score (nSPS) is 34.5. The third kappa shape index (κ3) is 3.11. The molecule has 4 nitrogen and oxygen atoms in total. The second kappa shape index (κ2) is 6.66. The molecule has 0 aromatic heterocycles. The van der Waals surface area contributed by atoms with Gasteiger partial charge in [0.25, 0.3) is 0 Å². The van der Waals surface area contributed by atoms with E-state index in [0.717, 1.165) is 45.4 Å². The Bertz CT molecular complexity index is 359. The van der Waals surface area contributed by atoms with Crippen molar-refractivity contribution in [3.8, 4) is 0 Å². The molecule has 3 heterocycles. The lowest BCUT2D eigenvalue weighted by Crippen LogP contribution is -2.53. The van der Waals surface area contributed by atoms with E-state index in [2.05, 4.69) is 22.0 Å². The van der Waals surface area contributed by atoms with Crippen LogP contribution in [0.5, 0.6) is 0 Å². The second-order valence-electron chi connectivity index (χ2n) is 7.25. The highest BCUT2D eigenvalue weighted by Crippen LogP contribution is 2.34. The van der Waals surface area contributed by atoms with Crippen molar-refractivity contribution < 1.29 is 4.79 Å². The third-order valence-corrected chi connectivity index (χ3v) is 5.77. The molecular formula is C17H31N3O. The van der Waals surface area contributed by atoms with E-state index in [4.69, 9.17) is 0 Å². The lowest BCUT2D eigenvalue weighted by Gasteiger charge is -2.41. The maximum atomic E-state index is 13.1. The Balaban J connectivity index is 1.65. The molecule has 1 N–H and O–H groups in total. The molecule has 0 aromatic carbocycles. The lowest BCUT2D eigenvalue weighted by molar-refractivity contribution is -0.143. The zero-order valence-electron chi connectivity index (χ0n) is 13.6. The number of amides is 1. The van der Waals surface area contributed by atoms with Crippen LogP contribution in [-0.4, -0.2) is 61.0 Å². The van der Waals surface area contributed by atoms with Crippen molar-refractivity contribution in [2.24, 2.45) is 5.41 Å². The van der Waals surface area contributed by atoms with E-state index in [-0.39, 0.29) is 5.41 Å². The zero-order valence-corrected chi connectivity index (χ0v) is 13.6. The van der Waals surface area contributed by atoms with Crippen molar-refractivity contribution >= 4 is 5.91 Å². The largest absolute Gasteiger partial charge is 0.341 e. The zero-order chi connectivity index (χ0) is 14.7. The van der Waals surface area contributed by atoms with Crippen LogP contribution in [0, 0.1) is 5.41 Å². The minimum Gasteiger partial charge on any atom is -0.341 e. The Kier molecular flexibility index (Phi) is 4.85. The maximum Gasteiger partial charge on any atom is 0.230 e. The SMILES string of the molecule is CCCC1(C(=O)N2CCCC(N3CCCC3)C2)CCNC1. The van der Waals surface area contributed by atoms with Crippen molar-refractivity contribution in [3.63, 3.8) is 0 Å². The van der Waals surface area contributed by atoms with E-state index in [1.165, 1.54) is 38.8 Å². The summed E-state index contributed by atoms with van der Waals surface area (Å²) in [5.74, 6) is 0.443. The van der Waals surface area contributed by atoms with Crippen LogP contribution in [0.4, 0.5) is 0 Å². The summed E-state index contributed by atoms with van der Waals surface area (Å²) >= 11 is 0. The fourth-order valence-electron chi connectivity index (χ4n) is 4.60. The standard InChI is InChI=1S/C17H31N3O/c1-2-7-17(8-9-18-14-17)16(21)20-12-5-6-15(13-20)19-10-3-4-11-19/h15,18H,2-14H2,1H3. The van der Waals surface area contributed by atoms with Gasteiger partial charge in [0.05, 0.1) is 5.41 Å². The van der Waals surface area contributed by atoms with Gasteiger partial charge in [0.1, 0.15) is 0 Å². The third-order valence-electron chi connectivity index (χ3n) is 5.77. The molecule has 0 bridgehead atoms. The summed E-state index contributed by atoms with van der Waals surface area (Å²) in [5.41, 5.74) is -0.0956. The highest BCUT2D eigenvalue weighted by Gasteiger charge is 2.44. The first-order valence-corrected chi connectivity index (χ1v) is 8.99. The van der Waals surface area contributed by atoms with Crippen molar-refractivity contribution in [3.05, 3.63) is 0 Å². The van der Waals surface area contributed by atoms with Gasteiger partial charge in [0.2, 0.25) is 5.91 Å². The quantitative estimate of drug-likeness (QED) is 0.859. The van der Waals surface area contributed by atoms with Crippen LogP contribution in [-0.2, 0) is 4.79 Å². The summed E-state index contributed by atoms with van der Waals surface area (Å²) < 4.78 is 0. The molecule has 1 amide bonds. The molecule has 0 aromatic rings. The van der Waals surface area contributed by atoms with Gasteiger partial charge in [0, 0.05) is 25.7 Å². The summed E-state index contributed by atoms with van der Waals surface area (Å²) in [6.07, 6.45) is 8.33. The van der Waals surface area contributed by atoms with Crippen LogP contribution in [0.25, 0.3) is 0 Å². The van der Waals surface area contributed by atoms with Gasteiger partial charge in [-0.05, 0) is 58.2 Å². The van der Waals surface area contributed by atoms with Gasteiger partial charge in [-0.1, -0.05) is 13.3 Å². The summed E-state index contributed by atoms with van der Waals surface area (Å²) in [6.45, 7) is 8.55. The highest BCUT2D eigenvalue weighted by atomic mass is 16.2. The number of hydrogen-bond donors (Lipinski definition) is 1. The molecule has 0 aliphatic carbocycles. The summed E-state index contributed by atoms with van der Waals surface area (Å²) in [4.78, 5) is 18.0.